The fourth-order valence-corrected chi connectivity index (χ4v) is 1.91. The molecule has 84 valence electrons. The van der Waals surface area contributed by atoms with Crippen LogP contribution < -0.4 is 10.9 Å². The lowest BCUT2D eigenvalue weighted by atomic mass is 9.55. The van der Waals surface area contributed by atoms with Crippen molar-refractivity contribution in [2.75, 3.05) is 0 Å². The Morgan fingerprint density at radius 3 is 1.35 bits per heavy atom. The van der Waals surface area contributed by atoms with Crippen LogP contribution in [0.2, 0.25) is 13.6 Å². The lowest BCUT2D eigenvalue weighted by Crippen LogP contribution is -2.41. The Labute approximate surface area is 104 Å². The summed E-state index contributed by atoms with van der Waals surface area (Å²) in [6.07, 6.45) is 0. The molecule has 2 aromatic rings. The second-order valence-corrected chi connectivity index (χ2v) is 4.24. The van der Waals surface area contributed by atoms with E-state index in [-0.39, 0.29) is 13.8 Å². The predicted molar refractivity (Wildman–Crippen MR) is 76.5 cm³/mol. The highest BCUT2D eigenvalue weighted by molar-refractivity contribution is 6.78. The first kappa shape index (κ1) is 12.0. The molecule has 0 saturated carbocycles. The monoisotopic (exact) mass is 222 g/mol. The number of hydrogen-bond acceptors (Lipinski definition) is 1. The van der Waals surface area contributed by atoms with Crippen LogP contribution in [0.5, 0.6) is 0 Å². The van der Waals surface area contributed by atoms with Gasteiger partial charge < -0.3 is 4.57 Å². The van der Waals surface area contributed by atoms with Crippen LogP contribution in [0.15, 0.2) is 60.7 Å². The summed E-state index contributed by atoms with van der Waals surface area (Å²) in [6, 6.07) is 20.6. The van der Waals surface area contributed by atoms with Crippen LogP contribution >= 0.6 is 0 Å². The Hall–Kier alpha value is -1.47. The van der Waals surface area contributed by atoms with E-state index >= 15 is 0 Å². The molecule has 0 spiro atoms. The van der Waals surface area contributed by atoms with Crippen molar-refractivity contribution < 1.29 is 4.57 Å². The first-order chi connectivity index (χ1) is 8.27. The van der Waals surface area contributed by atoms with Gasteiger partial charge >= 0.3 is 13.8 Å². The zero-order valence-electron chi connectivity index (χ0n) is 10.3. The Morgan fingerprint density at radius 2 is 1.00 bits per heavy atom. The van der Waals surface area contributed by atoms with Crippen LogP contribution in [0.3, 0.4) is 0 Å². The molecule has 0 aliphatic rings. The summed E-state index contributed by atoms with van der Waals surface area (Å²) in [5, 5.41) is 0. The molecule has 0 fully saturated rings. The van der Waals surface area contributed by atoms with E-state index in [1.54, 1.807) is 0 Å². The highest BCUT2D eigenvalue weighted by atomic mass is 16.4. The molecule has 2 aromatic carbocycles. The molecule has 0 heterocycles. The highest BCUT2D eigenvalue weighted by Gasteiger charge is 2.18. The molecule has 0 bridgehead atoms. The molecule has 0 saturated heterocycles. The molecule has 0 amide bonds. The molecule has 17 heavy (non-hydrogen) atoms. The van der Waals surface area contributed by atoms with Crippen molar-refractivity contribution in [3.63, 3.8) is 0 Å². The SMILES string of the molecule is CB(OB(C)c1ccccc1)c1ccccc1. The zero-order valence-corrected chi connectivity index (χ0v) is 10.3. The largest absolute Gasteiger partial charge is 0.491 e. The molecule has 1 nitrogen and oxygen atoms in total. The summed E-state index contributed by atoms with van der Waals surface area (Å²) in [6.45, 7) is 4.42. The van der Waals surface area contributed by atoms with Crippen LogP contribution in [-0.4, -0.2) is 13.8 Å². The molecule has 0 aliphatic carbocycles. The van der Waals surface area contributed by atoms with E-state index in [4.69, 9.17) is 4.57 Å². The molecule has 3 heteroatoms. The van der Waals surface area contributed by atoms with Gasteiger partial charge in [-0.25, -0.2) is 0 Å². The molecular weight excluding hydrogens is 206 g/mol. The average Bonchev–Trinajstić information content (AvgIpc) is 2.40. The van der Waals surface area contributed by atoms with Gasteiger partial charge in [-0.2, -0.15) is 0 Å². The summed E-state index contributed by atoms with van der Waals surface area (Å²) < 4.78 is 6.02. The van der Waals surface area contributed by atoms with Crippen molar-refractivity contribution in [2.45, 2.75) is 13.6 Å². The smallest absolute Gasteiger partial charge is 0.308 e. The molecule has 0 aromatic heterocycles. The average molecular weight is 222 g/mol. The Bertz CT molecular complexity index is 401. The highest BCUT2D eigenvalue weighted by Crippen LogP contribution is 1.96. The summed E-state index contributed by atoms with van der Waals surface area (Å²) in [4.78, 5) is 0. The predicted octanol–water partition coefficient (Wildman–Crippen LogP) is 2.06. The van der Waals surface area contributed by atoms with Gasteiger partial charge in [-0.3, -0.25) is 0 Å². The van der Waals surface area contributed by atoms with Crippen LogP contribution in [-0.2, 0) is 4.57 Å². The van der Waals surface area contributed by atoms with Crippen LogP contribution in [0.4, 0.5) is 0 Å². The van der Waals surface area contributed by atoms with E-state index in [9.17, 15) is 0 Å². The van der Waals surface area contributed by atoms with E-state index in [0.29, 0.717) is 0 Å². The Balaban J connectivity index is 2.02. The van der Waals surface area contributed by atoms with Crippen molar-refractivity contribution in [3.05, 3.63) is 60.7 Å². The van der Waals surface area contributed by atoms with E-state index in [0.717, 1.165) is 0 Å². The summed E-state index contributed by atoms with van der Waals surface area (Å²) in [7, 11) is 0. The molecule has 2 rings (SSSR count). The topological polar surface area (TPSA) is 9.23 Å². The minimum absolute atomic E-state index is 0.117. The minimum Gasteiger partial charge on any atom is -0.491 e. The van der Waals surface area contributed by atoms with E-state index < -0.39 is 0 Å². The van der Waals surface area contributed by atoms with Gasteiger partial charge in [-0.1, -0.05) is 85.2 Å². The third-order valence-electron chi connectivity index (χ3n) is 2.95. The standard InChI is InChI=1S/C14H16B2O/c1-15(13-9-5-3-6-10-13)17-16(2)14-11-7-4-8-12-14/h3-12H,1-2H3. The first-order valence-corrected chi connectivity index (χ1v) is 6.02. The van der Waals surface area contributed by atoms with Crippen molar-refractivity contribution >= 4 is 24.8 Å². The number of hydrogen-bond donors (Lipinski definition) is 0. The van der Waals surface area contributed by atoms with Crippen molar-refractivity contribution in [1.82, 2.24) is 0 Å². The maximum absolute atomic E-state index is 6.02. The van der Waals surface area contributed by atoms with Gasteiger partial charge in [0.05, 0.1) is 0 Å². The Kier molecular flexibility index (Phi) is 4.05. The van der Waals surface area contributed by atoms with Crippen molar-refractivity contribution in [3.8, 4) is 0 Å². The quantitative estimate of drug-likeness (QED) is 0.719. The number of benzene rings is 2. The van der Waals surface area contributed by atoms with Gasteiger partial charge in [0, 0.05) is 0 Å². The molecule has 0 radical (unpaired) electrons. The summed E-state index contributed by atoms with van der Waals surface area (Å²) in [5.41, 5.74) is 2.44. The van der Waals surface area contributed by atoms with Crippen molar-refractivity contribution in [1.29, 1.82) is 0 Å². The Morgan fingerprint density at radius 1 is 0.647 bits per heavy atom. The fraction of sp³-hybridized carbons (Fsp3) is 0.143. The van der Waals surface area contributed by atoms with Gasteiger partial charge in [0.25, 0.3) is 0 Å². The first-order valence-electron chi connectivity index (χ1n) is 6.02. The third-order valence-corrected chi connectivity index (χ3v) is 2.95. The van der Waals surface area contributed by atoms with Crippen LogP contribution in [0.1, 0.15) is 0 Å². The minimum atomic E-state index is 0.117. The second-order valence-electron chi connectivity index (χ2n) is 4.24. The van der Waals surface area contributed by atoms with E-state index in [1.165, 1.54) is 10.9 Å². The second kappa shape index (κ2) is 5.74. The van der Waals surface area contributed by atoms with E-state index in [1.807, 2.05) is 36.4 Å². The lowest BCUT2D eigenvalue weighted by Gasteiger charge is -2.15. The lowest BCUT2D eigenvalue weighted by molar-refractivity contribution is 0.621. The molecular formula is C14H16B2O. The normalized spacial score (nSPS) is 10.0. The van der Waals surface area contributed by atoms with Gasteiger partial charge in [0.15, 0.2) is 0 Å². The van der Waals surface area contributed by atoms with Gasteiger partial charge in [-0.05, 0) is 0 Å². The van der Waals surface area contributed by atoms with Gasteiger partial charge in [0.1, 0.15) is 0 Å². The zero-order chi connectivity index (χ0) is 12.1. The summed E-state index contributed by atoms with van der Waals surface area (Å²) in [5.74, 6) is 0. The van der Waals surface area contributed by atoms with Gasteiger partial charge in [0.2, 0.25) is 0 Å². The fourth-order valence-electron chi connectivity index (χ4n) is 1.91. The number of rotatable bonds is 4. The van der Waals surface area contributed by atoms with Crippen molar-refractivity contribution in [2.24, 2.45) is 0 Å². The van der Waals surface area contributed by atoms with Gasteiger partial charge in [-0.15, -0.1) is 0 Å². The maximum atomic E-state index is 6.02. The molecule has 0 unspecified atom stereocenters. The molecule has 0 aliphatic heterocycles. The molecule has 0 atom stereocenters. The third kappa shape index (κ3) is 3.24. The van der Waals surface area contributed by atoms with Crippen LogP contribution in [0, 0.1) is 0 Å². The van der Waals surface area contributed by atoms with Crippen LogP contribution in [0.25, 0.3) is 0 Å². The molecule has 0 N–H and O–H groups in total. The summed E-state index contributed by atoms with van der Waals surface area (Å²) >= 11 is 0. The van der Waals surface area contributed by atoms with E-state index in [2.05, 4.69) is 37.9 Å². The maximum Gasteiger partial charge on any atom is 0.308 e.